The predicted octanol–water partition coefficient (Wildman–Crippen LogP) is 4.37. The van der Waals surface area contributed by atoms with E-state index in [0.717, 1.165) is 20.0 Å². The Hall–Kier alpha value is -1.98. The summed E-state index contributed by atoms with van der Waals surface area (Å²) in [5.74, 6) is -2.11. The van der Waals surface area contributed by atoms with Crippen molar-refractivity contribution in [2.75, 3.05) is 14.2 Å². The minimum atomic E-state index is -0.630. The maximum absolute atomic E-state index is 13.2. The number of methoxy groups -OCH3 is 1. The fourth-order valence-corrected chi connectivity index (χ4v) is 3.00. The van der Waals surface area contributed by atoms with Gasteiger partial charge in [0, 0.05) is 7.11 Å². The maximum Gasteiger partial charge on any atom is 0.356 e. The van der Waals surface area contributed by atoms with Crippen LogP contribution in [0.2, 0.25) is 0 Å². The van der Waals surface area contributed by atoms with Gasteiger partial charge in [0.05, 0.1) is 7.11 Å². The standard InChI is InChI=1S/C10H11BrFNO2.C9H10BrFN2O.CH4O/c1-3-4-6-5-7(12)9(11)13-8(6)10(14)15-2;1-2-3-5-4-6(11)8(10)13-7(5)9(12)14;1-2/h5H,3-4H2,1-2H3;4H,2-3H2,1H3,(H2,12,14);2H,1H3. The van der Waals surface area contributed by atoms with Gasteiger partial charge in [-0.2, -0.15) is 0 Å². The molecule has 0 fully saturated rings. The molecule has 0 aliphatic carbocycles. The van der Waals surface area contributed by atoms with Gasteiger partial charge in [-0.25, -0.2) is 23.5 Å². The molecule has 1 amide bonds. The zero-order valence-electron chi connectivity index (χ0n) is 17.6. The van der Waals surface area contributed by atoms with Gasteiger partial charge in [0.2, 0.25) is 0 Å². The molecule has 0 radical (unpaired) electrons. The second kappa shape index (κ2) is 14.9. The van der Waals surface area contributed by atoms with Crippen LogP contribution < -0.4 is 5.73 Å². The molecule has 3 N–H and O–H groups in total. The number of aryl methyl sites for hydroxylation is 2. The van der Waals surface area contributed by atoms with E-state index < -0.39 is 23.5 Å². The van der Waals surface area contributed by atoms with Gasteiger partial charge in [-0.3, -0.25) is 4.79 Å². The molecule has 31 heavy (non-hydrogen) atoms. The summed E-state index contributed by atoms with van der Waals surface area (Å²) in [6, 6.07) is 2.60. The molecule has 0 unspecified atom stereocenters. The van der Waals surface area contributed by atoms with E-state index in [1.54, 1.807) is 0 Å². The fraction of sp³-hybridized carbons (Fsp3) is 0.400. The number of hydrogen-bond acceptors (Lipinski definition) is 6. The Morgan fingerprint density at radius 3 is 1.71 bits per heavy atom. The van der Waals surface area contributed by atoms with Crippen molar-refractivity contribution in [3.05, 3.63) is 55.5 Å². The summed E-state index contributed by atoms with van der Waals surface area (Å²) in [7, 11) is 2.27. The highest BCUT2D eigenvalue weighted by Gasteiger charge is 2.16. The molecule has 7 nitrogen and oxygen atoms in total. The molecule has 0 aliphatic heterocycles. The van der Waals surface area contributed by atoms with Crippen LogP contribution in [-0.4, -0.2) is 41.2 Å². The van der Waals surface area contributed by atoms with Crippen molar-refractivity contribution in [2.45, 2.75) is 39.5 Å². The second-order valence-corrected chi connectivity index (χ2v) is 7.40. The number of hydrogen-bond donors (Lipinski definition) is 2. The van der Waals surface area contributed by atoms with Gasteiger partial charge in [0.25, 0.3) is 5.91 Å². The van der Waals surface area contributed by atoms with E-state index in [0.29, 0.717) is 24.0 Å². The van der Waals surface area contributed by atoms with Gasteiger partial charge in [0.15, 0.2) is 17.3 Å². The predicted molar refractivity (Wildman–Crippen MR) is 120 cm³/mol. The third kappa shape index (κ3) is 8.96. The average Bonchev–Trinajstić information content (AvgIpc) is 2.74. The summed E-state index contributed by atoms with van der Waals surface area (Å²) in [5, 5.41) is 7.00. The van der Waals surface area contributed by atoms with Crippen LogP contribution in [0.1, 0.15) is 58.8 Å². The molecule has 2 aromatic heterocycles. The van der Waals surface area contributed by atoms with Crippen LogP contribution in [-0.2, 0) is 17.6 Å². The SMILES string of the molecule is CCCc1cc(F)c(Br)nc1C(=O)OC.CCCc1cc(F)c(Br)nc1C(N)=O.CO. The molecule has 2 heterocycles. The number of amides is 1. The minimum Gasteiger partial charge on any atom is -0.464 e. The van der Waals surface area contributed by atoms with Crippen LogP contribution in [0.5, 0.6) is 0 Å². The van der Waals surface area contributed by atoms with Crippen LogP contribution in [0.3, 0.4) is 0 Å². The van der Waals surface area contributed by atoms with Crippen molar-refractivity contribution in [2.24, 2.45) is 5.73 Å². The first-order valence-corrected chi connectivity index (χ1v) is 10.8. The largest absolute Gasteiger partial charge is 0.464 e. The fourth-order valence-electron chi connectivity index (χ4n) is 2.42. The van der Waals surface area contributed by atoms with E-state index >= 15 is 0 Å². The Bertz CT molecular complexity index is 899. The first-order chi connectivity index (χ1) is 14.7. The third-order valence-corrected chi connectivity index (χ3v) is 4.79. The topological polar surface area (TPSA) is 115 Å². The number of carbonyl (C=O) groups is 2. The lowest BCUT2D eigenvalue weighted by molar-refractivity contribution is 0.0592. The average molecular weight is 569 g/mol. The van der Waals surface area contributed by atoms with Gasteiger partial charge in [0.1, 0.15) is 14.9 Å². The van der Waals surface area contributed by atoms with Crippen molar-refractivity contribution >= 4 is 43.7 Å². The number of rotatable bonds is 6. The first-order valence-electron chi connectivity index (χ1n) is 9.18. The quantitative estimate of drug-likeness (QED) is 0.395. The van der Waals surface area contributed by atoms with Crippen LogP contribution in [0.4, 0.5) is 8.78 Å². The lowest BCUT2D eigenvalue weighted by Crippen LogP contribution is -2.16. The van der Waals surface area contributed by atoms with Crippen molar-refractivity contribution < 1.29 is 28.2 Å². The number of nitrogens with two attached hydrogens (primary N) is 1. The van der Waals surface area contributed by atoms with Crippen molar-refractivity contribution in [1.82, 2.24) is 9.97 Å². The number of ether oxygens (including phenoxy) is 1. The second-order valence-electron chi connectivity index (χ2n) is 5.89. The van der Waals surface area contributed by atoms with Gasteiger partial charge in [-0.15, -0.1) is 0 Å². The van der Waals surface area contributed by atoms with Crippen molar-refractivity contribution in [3.8, 4) is 0 Å². The van der Waals surface area contributed by atoms with Crippen LogP contribution in [0.15, 0.2) is 21.3 Å². The molecule has 0 bridgehead atoms. The summed E-state index contributed by atoms with van der Waals surface area (Å²) in [6.45, 7) is 3.88. The molecule has 2 rings (SSSR count). The molecule has 0 aromatic carbocycles. The minimum absolute atomic E-state index is 0.0196. The monoisotopic (exact) mass is 567 g/mol. The first kappa shape index (κ1) is 29.0. The Kier molecular flexibility index (Phi) is 14.0. The van der Waals surface area contributed by atoms with Gasteiger partial charge >= 0.3 is 5.97 Å². The maximum atomic E-state index is 13.2. The molecule has 0 saturated heterocycles. The third-order valence-electron chi connectivity index (χ3n) is 3.68. The van der Waals surface area contributed by atoms with Crippen molar-refractivity contribution in [1.29, 1.82) is 0 Å². The van der Waals surface area contributed by atoms with Gasteiger partial charge in [-0.1, -0.05) is 26.7 Å². The van der Waals surface area contributed by atoms with E-state index in [1.165, 1.54) is 19.2 Å². The molecular formula is C20H25Br2F2N3O4. The number of aromatic nitrogens is 2. The number of carbonyl (C=O) groups excluding carboxylic acids is 2. The van der Waals surface area contributed by atoms with E-state index in [-0.39, 0.29) is 20.6 Å². The molecule has 0 spiro atoms. The summed E-state index contributed by atoms with van der Waals surface area (Å²) in [4.78, 5) is 29.9. The summed E-state index contributed by atoms with van der Waals surface area (Å²) >= 11 is 5.84. The summed E-state index contributed by atoms with van der Waals surface area (Å²) in [5.41, 5.74) is 6.56. The Morgan fingerprint density at radius 2 is 1.35 bits per heavy atom. The van der Waals surface area contributed by atoms with E-state index in [1.807, 2.05) is 13.8 Å². The number of halogens is 4. The number of nitrogens with zero attached hydrogens (tertiary/aromatic N) is 2. The van der Waals surface area contributed by atoms with Gasteiger partial charge < -0.3 is 15.6 Å². The Labute approximate surface area is 196 Å². The lowest BCUT2D eigenvalue weighted by Gasteiger charge is -2.06. The van der Waals surface area contributed by atoms with E-state index in [4.69, 9.17) is 10.8 Å². The summed E-state index contributed by atoms with van der Waals surface area (Å²) in [6.07, 6.45) is 2.81. The van der Waals surface area contributed by atoms with Crippen LogP contribution in [0.25, 0.3) is 0 Å². The highest BCUT2D eigenvalue weighted by molar-refractivity contribution is 9.10. The zero-order chi connectivity index (χ0) is 24.1. The van der Waals surface area contributed by atoms with Gasteiger partial charge in [-0.05, 0) is 68.0 Å². The van der Waals surface area contributed by atoms with E-state index in [2.05, 4.69) is 46.6 Å². The number of pyridine rings is 2. The molecule has 0 aliphatic rings. The molecule has 172 valence electrons. The number of primary amides is 1. The molecular weight excluding hydrogens is 544 g/mol. The molecule has 11 heteroatoms. The normalized spacial score (nSPS) is 9.71. The molecule has 2 aromatic rings. The van der Waals surface area contributed by atoms with E-state index in [9.17, 15) is 18.4 Å². The van der Waals surface area contributed by atoms with Crippen LogP contribution >= 0.6 is 31.9 Å². The highest BCUT2D eigenvalue weighted by atomic mass is 79.9. The smallest absolute Gasteiger partial charge is 0.356 e. The number of aliphatic hydroxyl groups is 1. The Morgan fingerprint density at radius 1 is 0.968 bits per heavy atom. The Balaban J connectivity index is 0.000000539. The number of esters is 1. The molecule has 0 saturated carbocycles. The number of aliphatic hydroxyl groups excluding tert-OH is 1. The highest BCUT2D eigenvalue weighted by Crippen LogP contribution is 2.19. The lowest BCUT2D eigenvalue weighted by atomic mass is 10.1. The summed E-state index contributed by atoms with van der Waals surface area (Å²) < 4.78 is 30.9. The van der Waals surface area contributed by atoms with Crippen LogP contribution in [0, 0.1) is 11.6 Å². The van der Waals surface area contributed by atoms with Crippen molar-refractivity contribution in [3.63, 3.8) is 0 Å². The zero-order valence-corrected chi connectivity index (χ0v) is 20.8. The molecule has 0 atom stereocenters.